The minimum atomic E-state index is 0.0442. The van der Waals surface area contributed by atoms with E-state index < -0.39 is 0 Å². The van der Waals surface area contributed by atoms with Crippen molar-refractivity contribution in [3.05, 3.63) is 33.7 Å². The fourth-order valence-corrected chi connectivity index (χ4v) is 1.46. The fraction of sp³-hybridized carbons (Fsp3) is 0.545. The van der Waals surface area contributed by atoms with Gasteiger partial charge in [0.15, 0.2) is 5.43 Å². The largest absolute Gasteiger partial charge is 0.346 e. The van der Waals surface area contributed by atoms with Crippen molar-refractivity contribution in [3.63, 3.8) is 0 Å². The Kier molecular flexibility index (Phi) is 2.33. The molecule has 1 aromatic heterocycles. The molecule has 0 aliphatic heterocycles. The lowest BCUT2D eigenvalue weighted by atomic mass is 10.1. The van der Waals surface area contributed by atoms with E-state index in [1.807, 2.05) is 20.0 Å². The Bertz CT molecular complexity index is 369. The summed E-state index contributed by atoms with van der Waals surface area (Å²) in [6, 6.07) is 1.63. The molecule has 0 aromatic carbocycles. The van der Waals surface area contributed by atoms with Gasteiger partial charge in [0.1, 0.15) is 0 Å². The third-order valence-corrected chi connectivity index (χ3v) is 2.37. The number of hydrogen-bond acceptors (Lipinski definition) is 1. The molecule has 1 heterocycles. The molecule has 0 atom stereocenters. The summed E-state index contributed by atoms with van der Waals surface area (Å²) in [5, 5.41) is 0. The lowest BCUT2D eigenvalue weighted by molar-refractivity contribution is 0.385. The number of pyridine rings is 1. The minimum absolute atomic E-state index is 0.0442. The molecule has 0 fully saturated rings. The van der Waals surface area contributed by atoms with Crippen LogP contribution >= 0.6 is 0 Å². The van der Waals surface area contributed by atoms with Crippen molar-refractivity contribution in [2.75, 3.05) is 0 Å². The second-order valence-electron chi connectivity index (χ2n) is 4.43. The summed E-state index contributed by atoms with van der Waals surface area (Å²) < 4.78 is 2.13. The molecule has 0 bridgehead atoms. The molecule has 1 rings (SSSR count). The number of hydrogen-bond donors (Lipinski definition) is 0. The van der Waals surface area contributed by atoms with E-state index in [1.165, 1.54) is 0 Å². The average molecular weight is 179 g/mol. The first kappa shape index (κ1) is 10.0. The highest BCUT2D eigenvalue weighted by Gasteiger charge is 2.14. The van der Waals surface area contributed by atoms with Crippen molar-refractivity contribution in [3.8, 4) is 0 Å². The van der Waals surface area contributed by atoms with E-state index in [1.54, 1.807) is 6.07 Å². The lowest BCUT2D eigenvalue weighted by Gasteiger charge is -2.26. The molecule has 0 radical (unpaired) electrons. The van der Waals surface area contributed by atoms with Crippen molar-refractivity contribution in [2.24, 2.45) is 0 Å². The summed E-state index contributed by atoms with van der Waals surface area (Å²) in [7, 11) is 0. The average Bonchev–Trinajstić information content (AvgIpc) is 1.98. The number of rotatable bonds is 0. The normalized spacial score (nSPS) is 11.8. The van der Waals surface area contributed by atoms with Crippen LogP contribution in [-0.4, -0.2) is 4.57 Å². The molecule has 72 valence electrons. The van der Waals surface area contributed by atoms with E-state index in [0.717, 1.165) is 11.3 Å². The van der Waals surface area contributed by atoms with E-state index in [0.29, 0.717) is 0 Å². The third-order valence-electron chi connectivity index (χ3n) is 2.37. The van der Waals surface area contributed by atoms with Gasteiger partial charge in [-0.3, -0.25) is 4.79 Å². The second-order valence-corrected chi connectivity index (χ2v) is 4.43. The van der Waals surface area contributed by atoms with Crippen LogP contribution in [0, 0.1) is 13.8 Å². The molecular weight excluding hydrogens is 162 g/mol. The lowest BCUT2D eigenvalue weighted by Crippen LogP contribution is -2.26. The molecule has 2 nitrogen and oxygen atoms in total. The van der Waals surface area contributed by atoms with E-state index in [2.05, 4.69) is 25.3 Å². The number of nitrogens with zero attached hydrogens (tertiary/aromatic N) is 1. The van der Waals surface area contributed by atoms with Crippen molar-refractivity contribution >= 4 is 0 Å². The molecule has 0 aliphatic rings. The Morgan fingerprint density at radius 3 is 2.23 bits per heavy atom. The van der Waals surface area contributed by atoms with Crippen LogP contribution in [0.25, 0.3) is 0 Å². The second kappa shape index (κ2) is 3.02. The zero-order valence-electron chi connectivity index (χ0n) is 9.01. The first-order valence-corrected chi connectivity index (χ1v) is 4.53. The van der Waals surface area contributed by atoms with E-state index in [4.69, 9.17) is 0 Å². The molecule has 0 aliphatic carbocycles. The summed E-state index contributed by atoms with van der Waals surface area (Å²) in [5.74, 6) is 0. The van der Waals surface area contributed by atoms with Gasteiger partial charge in [-0.15, -0.1) is 0 Å². The molecule has 0 spiro atoms. The van der Waals surface area contributed by atoms with E-state index in [9.17, 15) is 4.79 Å². The van der Waals surface area contributed by atoms with Crippen LogP contribution in [-0.2, 0) is 5.54 Å². The van der Waals surface area contributed by atoms with Gasteiger partial charge < -0.3 is 4.57 Å². The van der Waals surface area contributed by atoms with Gasteiger partial charge >= 0.3 is 0 Å². The zero-order chi connectivity index (χ0) is 10.2. The van der Waals surface area contributed by atoms with E-state index in [-0.39, 0.29) is 11.0 Å². The maximum Gasteiger partial charge on any atom is 0.184 e. The minimum Gasteiger partial charge on any atom is -0.346 e. The Labute approximate surface area is 79.2 Å². The van der Waals surface area contributed by atoms with Crippen LogP contribution in [0.2, 0.25) is 0 Å². The SMILES string of the molecule is Cc1c(C)n(C(C)(C)C)ccc1=O. The molecule has 0 amide bonds. The first-order valence-electron chi connectivity index (χ1n) is 4.53. The Hall–Kier alpha value is -1.05. The predicted octanol–water partition coefficient (Wildman–Crippen LogP) is 2.22. The number of aromatic nitrogens is 1. The first-order chi connectivity index (χ1) is 5.84. The van der Waals surface area contributed by atoms with Gasteiger partial charge in [-0.1, -0.05) is 0 Å². The van der Waals surface area contributed by atoms with Gasteiger partial charge in [0.2, 0.25) is 0 Å². The van der Waals surface area contributed by atoms with Gasteiger partial charge in [-0.2, -0.15) is 0 Å². The molecule has 0 N–H and O–H groups in total. The highest BCUT2D eigenvalue weighted by Crippen LogP contribution is 2.16. The topological polar surface area (TPSA) is 22.0 Å². The van der Waals surface area contributed by atoms with Crippen LogP contribution in [0.15, 0.2) is 17.1 Å². The van der Waals surface area contributed by atoms with Crippen molar-refractivity contribution in [1.29, 1.82) is 0 Å². The molecule has 13 heavy (non-hydrogen) atoms. The summed E-state index contributed by atoms with van der Waals surface area (Å²) in [6.45, 7) is 10.2. The maximum atomic E-state index is 11.3. The molecule has 0 unspecified atom stereocenters. The monoisotopic (exact) mass is 179 g/mol. The maximum absolute atomic E-state index is 11.3. The van der Waals surface area contributed by atoms with Gasteiger partial charge in [-0.25, -0.2) is 0 Å². The molecule has 2 heteroatoms. The van der Waals surface area contributed by atoms with Crippen LogP contribution < -0.4 is 5.43 Å². The van der Waals surface area contributed by atoms with Crippen molar-refractivity contribution in [2.45, 2.75) is 40.2 Å². The standard InChI is InChI=1S/C11H17NO/c1-8-9(2)12(11(3,4)5)7-6-10(8)13/h6-7H,1-5H3. The fourth-order valence-electron chi connectivity index (χ4n) is 1.46. The smallest absolute Gasteiger partial charge is 0.184 e. The molecule has 0 saturated heterocycles. The molecule has 1 aromatic rings. The van der Waals surface area contributed by atoms with Crippen LogP contribution in [0.1, 0.15) is 32.0 Å². The zero-order valence-corrected chi connectivity index (χ0v) is 9.01. The Balaban J connectivity index is 3.44. The summed E-state index contributed by atoms with van der Waals surface area (Å²) in [6.07, 6.45) is 1.87. The van der Waals surface area contributed by atoms with Crippen LogP contribution in [0.5, 0.6) is 0 Å². The third kappa shape index (κ3) is 1.82. The van der Waals surface area contributed by atoms with Crippen molar-refractivity contribution in [1.82, 2.24) is 4.57 Å². The van der Waals surface area contributed by atoms with Gasteiger partial charge in [0.05, 0.1) is 0 Å². The van der Waals surface area contributed by atoms with E-state index >= 15 is 0 Å². The molecular formula is C11H17NO. The van der Waals surface area contributed by atoms with Gasteiger partial charge in [0, 0.05) is 29.1 Å². The Morgan fingerprint density at radius 1 is 1.23 bits per heavy atom. The van der Waals surface area contributed by atoms with Crippen molar-refractivity contribution < 1.29 is 0 Å². The van der Waals surface area contributed by atoms with Crippen LogP contribution in [0.3, 0.4) is 0 Å². The summed E-state index contributed by atoms with van der Waals surface area (Å²) >= 11 is 0. The quantitative estimate of drug-likeness (QED) is 0.598. The molecule has 0 saturated carbocycles. The predicted molar refractivity (Wildman–Crippen MR) is 55.2 cm³/mol. The van der Waals surface area contributed by atoms with Gasteiger partial charge in [0.25, 0.3) is 0 Å². The Morgan fingerprint density at radius 2 is 1.77 bits per heavy atom. The highest BCUT2D eigenvalue weighted by molar-refractivity contribution is 5.19. The summed E-state index contributed by atoms with van der Waals surface area (Å²) in [5.41, 5.74) is 2.07. The highest BCUT2D eigenvalue weighted by atomic mass is 16.1. The van der Waals surface area contributed by atoms with Crippen LogP contribution in [0.4, 0.5) is 0 Å². The summed E-state index contributed by atoms with van der Waals surface area (Å²) in [4.78, 5) is 11.3. The van der Waals surface area contributed by atoms with Gasteiger partial charge in [-0.05, 0) is 34.6 Å².